The number of nitrogens with zero attached hydrogens (tertiary/aromatic N) is 2. The molecule has 0 spiro atoms. The molecule has 1 heterocycles. The molecule has 7 heteroatoms. The number of aryl methyl sites for hydroxylation is 1. The predicted molar refractivity (Wildman–Crippen MR) is 122 cm³/mol. The predicted octanol–water partition coefficient (Wildman–Crippen LogP) is 4.62. The molecule has 0 bridgehead atoms. The number of carbonyl (C=O) groups excluding carboxylic acids is 2. The van der Waals surface area contributed by atoms with Gasteiger partial charge in [-0.2, -0.15) is 0 Å². The molecule has 1 saturated heterocycles. The van der Waals surface area contributed by atoms with Gasteiger partial charge in [0.15, 0.2) is 5.17 Å². The fraction of sp³-hybridized carbons (Fsp3) is 0.348. The van der Waals surface area contributed by atoms with Crippen LogP contribution in [0.15, 0.2) is 53.5 Å². The normalized spacial score (nSPS) is 17.6. The Balaban J connectivity index is 1.73. The number of amidine groups is 1. The molecule has 6 nitrogen and oxygen atoms in total. The van der Waals surface area contributed by atoms with E-state index in [9.17, 15) is 9.59 Å². The number of hydrogen-bond donors (Lipinski definition) is 1. The van der Waals surface area contributed by atoms with Gasteiger partial charge in [0.2, 0.25) is 11.8 Å². The Kier molecular flexibility index (Phi) is 7.15. The molecule has 1 atom stereocenters. The van der Waals surface area contributed by atoms with Crippen molar-refractivity contribution in [3.05, 3.63) is 54.1 Å². The lowest BCUT2D eigenvalue weighted by Crippen LogP contribution is -2.36. The standard InChI is InChI=1S/C23H27N3O3S/c1-15(2)14-26-22(28)20(13-21(27)24-17-7-5-16(3)6-8-17)30-23(26)25-18-9-11-19(29-4)12-10-18/h5-12,15,20H,13-14H2,1-4H3,(H,24,27)/t20-/m0/s1. The van der Waals surface area contributed by atoms with Gasteiger partial charge >= 0.3 is 0 Å². The maximum Gasteiger partial charge on any atom is 0.242 e. The van der Waals surface area contributed by atoms with Gasteiger partial charge in [-0.25, -0.2) is 4.99 Å². The molecule has 0 unspecified atom stereocenters. The second-order valence-corrected chi connectivity index (χ2v) is 8.83. The summed E-state index contributed by atoms with van der Waals surface area (Å²) in [5.74, 6) is 0.787. The van der Waals surface area contributed by atoms with E-state index in [4.69, 9.17) is 4.74 Å². The summed E-state index contributed by atoms with van der Waals surface area (Å²) in [6.45, 7) is 6.67. The zero-order valence-electron chi connectivity index (χ0n) is 17.7. The molecule has 2 aromatic carbocycles. The van der Waals surface area contributed by atoms with E-state index in [1.165, 1.54) is 11.8 Å². The molecule has 0 radical (unpaired) electrons. The summed E-state index contributed by atoms with van der Waals surface area (Å²) in [7, 11) is 1.61. The average Bonchev–Trinajstić information content (AvgIpc) is 2.98. The van der Waals surface area contributed by atoms with Crippen molar-refractivity contribution in [2.75, 3.05) is 19.0 Å². The van der Waals surface area contributed by atoms with E-state index < -0.39 is 5.25 Å². The zero-order chi connectivity index (χ0) is 21.7. The quantitative estimate of drug-likeness (QED) is 0.703. The Morgan fingerprint density at radius 1 is 1.17 bits per heavy atom. The summed E-state index contributed by atoms with van der Waals surface area (Å²) >= 11 is 1.35. The first-order valence-electron chi connectivity index (χ1n) is 9.93. The van der Waals surface area contributed by atoms with Gasteiger partial charge in [-0.1, -0.05) is 43.3 Å². The van der Waals surface area contributed by atoms with Gasteiger partial charge in [0.05, 0.1) is 12.8 Å². The van der Waals surface area contributed by atoms with Gasteiger partial charge < -0.3 is 10.1 Å². The third-order valence-electron chi connectivity index (χ3n) is 4.57. The molecule has 0 aromatic heterocycles. The minimum absolute atomic E-state index is 0.0694. The molecule has 0 aliphatic carbocycles. The molecular formula is C23H27N3O3S. The highest BCUT2D eigenvalue weighted by molar-refractivity contribution is 8.15. The number of benzene rings is 2. The Labute approximate surface area is 181 Å². The maximum atomic E-state index is 13.0. The van der Waals surface area contributed by atoms with Crippen molar-refractivity contribution < 1.29 is 14.3 Å². The monoisotopic (exact) mass is 425 g/mol. The summed E-state index contributed by atoms with van der Waals surface area (Å²) in [4.78, 5) is 31.9. The van der Waals surface area contributed by atoms with Crippen LogP contribution in [0.3, 0.4) is 0 Å². The van der Waals surface area contributed by atoms with Gasteiger partial charge in [0.1, 0.15) is 11.0 Å². The zero-order valence-corrected chi connectivity index (χ0v) is 18.5. The number of rotatable bonds is 7. The minimum atomic E-state index is -0.480. The van der Waals surface area contributed by atoms with Crippen LogP contribution in [0.5, 0.6) is 5.75 Å². The summed E-state index contributed by atoms with van der Waals surface area (Å²) in [6.07, 6.45) is 0.105. The van der Waals surface area contributed by atoms with E-state index in [1.54, 1.807) is 12.0 Å². The minimum Gasteiger partial charge on any atom is -0.497 e. The lowest BCUT2D eigenvalue weighted by Gasteiger charge is -2.18. The van der Waals surface area contributed by atoms with Gasteiger partial charge in [0, 0.05) is 18.7 Å². The number of hydrogen-bond acceptors (Lipinski definition) is 5. The lowest BCUT2D eigenvalue weighted by atomic mass is 10.2. The first-order valence-corrected chi connectivity index (χ1v) is 10.8. The number of ether oxygens (including phenoxy) is 1. The number of anilines is 1. The van der Waals surface area contributed by atoms with E-state index in [-0.39, 0.29) is 24.2 Å². The highest BCUT2D eigenvalue weighted by atomic mass is 32.2. The van der Waals surface area contributed by atoms with Crippen LogP contribution >= 0.6 is 11.8 Å². The molecule has 2 aromatic rings. The molecular weight excluding hydrogens is 398 g/mol. The van der Waals surface area contributed by atoms with Crippen molar-refractivity contribution in [3.8, 4) is 5.75 Å². The summed E-state index contributed by atoms with van der Waals surface area (Å²) in [5.41, 5.74) is 2.59. The van der Waals surface area contributed by atoms with Crippen LogP contribution in [0.1, 0.15) is 25.8 Å². The summed E-state index contributed by atoms with van der Waals surface area (Å²) < 4.78 is 5.18. The van der Waals surface area contributed by atoms with Crippen molar-refractivity contribution in [1.82, 2.24) is 4.90 Å². The van der Waals surface area contributed by atoms with Crippen molar-refractivity contribution in [2.24, 2.45) is 10.9 Å². The highest BCUT2D eigenvalue weighted by Crippen LogP contribution is 2.32. The third kappa shape index (κ3) is 5.63. The molecule has 2 amide bonds. The van der Waals surface area contributed by atoms with E-state index in [0.717, 1.165) is 22.7 Å². The van der Waals surface area contributed by atoms with Crippen LogP contribution in [0, 0.1) is 12.8 Å². The van der Waals surface area contributed by atoms with E-state index in [2.05, 4.69) is 24.2 Å². The van der Waals surface area contributed by atoms with Crippen LogP contribution in [0.25, 0.3) is 0 Å². The van der Waals surface area contributed by atoms with Gasteiger partial charge in [-0.3, -0.25) is 14.5 Å². The smallest absolute Gasteiger partial charge is 0.242 e. The first-order chi connectivity index (χ1) is 14.4. The lowest BCUT2D eigenvalue weighted by molar-refractivity contribution is -0.128. The molecule has 1 N–H and O–H groups in total. The van der Waals surface area contributed by atoms with Crippen molar-refractivity contribution in [3.63, 3.8) is 0 Å². The highest BCUT2D eigenvalue weighted by Gasteiger charge is 2.39. The van der Waals surface area contributed by atoms with Crippen LogP contribution in [-0.4, -0.2) is 40.8 Å². The fourth-order valence-corrected chi connectivity index (χ4v) is 4.21. The molecule has 1 aliphatic rings. The topological polar surface area (TPSA) is 71.0 Å². The number of nitrogens with one attached hydrogen (secondary N) is 1. The van der Waals surface area contributed by atoms with E-state index >= 15 is 0 Å². The van der Waals surface area contributed by atoms with Crippen LogP contribution < -0.4 is 10.1 Å². The summed E-state index contributed by atoms with van der Waals surface area (Å²) in [6, 6.07) is 15.0. The second-order valence-electron chi connectivity index (χ2n) is 7.66. The largest absolute Gasteiger partial charge is 0.497 e. The van der Waals surface area contributed by atoms with Crippen molar-refractivity contribution >= 4 is 40.1 Å². The van der Waals surface area contributed by atoms with Gasteiger partial charge in [-0.05, 0) is 49.2 Å². The Hall–Kier alpha value is -2.80. The number of aliphatic imine (C=N–C) groups is 1. The van der Waals surface area contributed by atoms with Crippen molar-refractivity contribution in [2.45, 2.75) is 32.4 Å². The number of carbonyl (C=O) groups is 2. The SMILES string of the molecule is COc1ccc(N=C2S[C@@H](CC(=O)Nc3ccc(C)cc3)C(=O)N2CC(C)C)cc1. The van der Waals surface area contributed by atoms with E-state index in [0.29, 0.717) is 11.7 Å². The number of amides is 2. The molecule has 0 saturated carbocycles. The van der Waals surface area contributed by atoms with Gasteiger partial charge in [0.25, 0.3) is 0 Å². The van der Waals surface area contributed by atoms with Crippen molar-refractivity contribution in [1.29, 1.82) is 0 Å². The Morgan fingerprint density at radius 2 is 1.83 bits per heavy atom. The van der Waals surface area contributed by atoms with Crippen LogP contribution in [0.4, 0.5) is 11.4 Å². The molecule has 30 heavy (non-hydrogen) atoms. The molecule has 1 aliphatic heterocycles. The van der Waals surface area contributed by atoms with Gasteiger partial charge in [-0.15, -0.1) is 0 Å². The molecule has 3 rings (SSSR count). The Morgan fingerprint density at radius 3 is 2.43 bits per heavy atom. The number of thioether (sulfide) groups is 1. The van der Waals surface area contributed by atoms with Crippen LogP contribution in [-0.2, 0) is 9.59 Å². The summed E-state index contributed by atoms with van der Waals surface area (Å²) in [5, 5.41) is 3.02. The average molecular weight is 426 g/mol. The first kappa shape index (κ1) is 21.9. The maximum absolute atomic E-state index is 13.0. The second kappa shape index (κ2) is 9.80. The van der Waals surface area contributed by atoms with Crippen LogP contribution in [0.2, 0.25) is 0 Å². The number of methoxy groups -OCH3 is 1. The molecule has 1 fully saturated rings. The van der Waals surface area contributed by atoms with E-state index in [1.807, 2.05) is 55.5 Å². The third-order valence-corrected chi connectivity index (χ3v) is 5.75. The Bertz CT molecular complexity index is 924. The fourth-order valence-electron chi connectivity index (χ4n) is 3.04. The molecule has 158 valence electrons.